The molecule has 1 aromatic heterocycles. The molecule has 0 saturated heterocycles. The SMILES string of the molecule is COc1ncccc1CNCc1ccc([Si](C)(C)C)cc1. The minimum atomic E-state index is -1.20. The molecule has 4 heteroatoms. The number of benzene rings is 1. The van der Waals surface area contributed by atoms with Crippen molar-refractivity contribution in [3.63, 3.8) is 0 Å². The Morgan fingerprint density at radius 3 is 2.38 bits per heavy atom. The molecule has 0 unspecified atom stereocenters. The Labute approximate surface area is 128 Å². The number of nitrogens with zero attached hydrogens (tertiary/aromatic N) is 1. The van der Waals surface area contributed by atoms with Gasteiger partial charge in [-0.3, -0.25) is 0 Å². The van der Waals surface area contributed by atoms with Gasteiger partial charge in [-0.15, -0.1) is 0 Å². The van der Waals surface area contributed by atoms with Crippen LogP contribution in [-0.2, 0) is 13.1 Å². The monoisotopic (exact) mass is 300 g/mol. The second-order valence-electron chi connectivity index (χ2n) is 6.22. The summed E-state index contributed by atoms with van der Waals surface area (Å²) in [6.45, 7) is 8.72. The zero-order valence-electron chi connectivity index (χ0n) is 13.3. The maximum absolute atomic E-state index is 5.25. The van der Waals surface area contributed by atoms with E-state index < -0.39 is 8.07 Å². The molecule has 3 nitrogen and oxygen atoms in total. The van der Waals surface area contributed by atoms with E-state index >= 15 is 0 Å². The van der Waals surface area contributed by atoms with E-state index in [4.69, 9.17) is 4.74 Å². The molecule has 2 aromatic rings. The Kier molecular flexibility index (Phi) is 5.15. The van der Waals surface area contributed by atoms with Crippen LogP contribution in [-0.4, -0.2) is 20.2 Å². The molecule has 0 spiro atoms. The van der Waals surface area contributed by atoms with Crippen molar-refractivity contribution in [3.8, 4) is 5.88 Å². The fraction of sp³-hybridized carbons (Fsp3) is 0.353. The van der Waals surface area contributed by atoms with Gasteiger partial charge in [-0.1, -0.05) is 55.2 Å². The molecule has 0 bridgehead atoms. The van der Waals surface area contributed by atoms with Crippen LogP contribution in [0.15, 0.2) is 42.6 Å². The van der Waals surface area contributed by atoms with Gasteiger partial charge in [-0.25, -0.2) is 4.98 Å². The fourth-order valence-electron chi connectivity index (χ4n) is 2.21. The standard InChI is InChI=1S/C17H24N2OSi/c1-20-17-15(6-5-11-19-17)13-18-12-14-7-9-16(10-8-14)21(2,3)4/h5-11,18H,12-13H2,1-4H3. The van der Waals surface area contributed by atoms with Gasteiger partial charge in [-0.2, -0.15) is 0 Å². The Bertz CT molecular complexity index is 576. The van der Waals surface area contributed by atoms with Crippen molar-refractivity contribution in [2.45, 2.75) is 32.7 Å². The van der Waals surface area contributed by atoms with Gasteiger partial charge in [0.15, 0.2) is 0 Å². The Morgan fingerprint density at radius 1 is 1.05 bits per heavy atom. The van der Waals surface area contributed by atoms with E-state index in [9.17, 15) is 0 Å². The van der Waals surface area contributed by atoms with Crippen molar-refractivity contribution >= 4 is 13.3 Å². The second-order valence-corrected chi connectivity index (χ2v) is 11.3. The molecule has 0 fully saturated rings. The van der Waals surface area contributed by atoms with Crippen LogP contribution in [0.4, 0.5) is 0 Å². The lowest BCUT2D eigenvalue weighted by Crippen LogP contribution is -2.37. The first-order valence-electron chi connectivity index (χ1n) is 7.29. The zero-order valence-corrected chi connectivity index (χ0v) is 14.3. The summed E-state index contributed by atoms with van der Waals surface area (Å²) in [4.78, 5) is 4.20. The van der Waals surface area contributed by atoms with Crippen LogP contribution in [0.1, 0.15) is 11.1 Å². The average Bonchev–Trinajstić information content (AvgIpc) is 2.47. The van der Waals surface area contributed by atoms with E-state index in [-0.39, 0.29) is 0 Å². The van der Waals surface area contributed by atoms with Gasteiger partial charge in [0.2, 0.25) is 5.88 Å². The van der Waals surface area contributed by atoms with E-state index in [1.165, 1.54) is 10.8 Å². The molecular weight excluding hydrogens is 276 g/mol. The first-order valence-corrected chi connectivity index (χ1v) is 10.8. The summed E-state index contributed by atoms with van der Waals surface area (Å²) in [5.74, 6) is 0.694. The Morgan fingerprint density at radius 2 is 1.76 bits per heavy atom. The normalized spacial score (nSPS) is 11.4. The quantitative estimate of drug-likeness (QED) is 0.833. The molecule has 0 aliphatic rings. The number of nitrogens with one attached hydrogen (secondary N) is 1. The molecule has 0 aliphatic carbocycles. The molecule has 0 aliphatic heterocycles. The highest BCUT2D eigenvalue weighted by Gasteiger charge is 2.15. The van der Waals surface area contributed by atoms with Crippen LogP contribution in [0.5, 0.6) is 5.88 Å². The molecule has 2 rings (SSSR count). The number of methoxy groups -OCH3 is 1. The average molecular weight is 300 g/mol. The number of hydrogen-bond acceptors (Lipinski definition) is 3. The molecular formula is C17H24N2OSi. The lowest BCUT2D eigenvalue weighted by atomic mass is 10.2. The summed E-state index contributed by atoms with van der Waals surface area (Å²) >= 11 is 0. The van der Waals surface area contributed by atoms with Crippen LogP contribution >= 0.6 is 0 Å². The summed E-state index contributed by atoms with van der Waals surface area (Å²) in [6, 6.07) is 13.0. The predicted octanol–water partition coefficient (Wildman–Crippen LogP) is 2.93. The van der Waals surface area contributed by atoms with E-state index in [0.717, 1.165) is 18.7 Å². The topological polar surface area (TPSA) is 34.1 Å². The number of ether oxygens (including phenoxy) is 1. The van der Waals surface area contributed by atoms with Gasteiger partial charge in [0.05, 0.1) is 15.2 Å². The summed E-state index contributed by atoms with van der Waals surface area (Å²) in [7, 11) is 0.456. The molecule has 1 N–H and O–H groups in total. The van der Waals surface area contributed by atoms with Crippen molar-refractivity contribution in [3.05, 3.63) is 53.7 Å². The van der Waals surface area contributed by atoms with E-state index in [1.54, 1.807) is 13.3 Å². The molecule has 0 atom stereocenters. The highest BCUT2D eigenvalue weighted by atomic mass is 28.3. The van der Waals surface area contributed by atoms with Gasteiger partial charge in [0, 0.05) is 24.8 Å². The fourth-order valence-corrected chi connectivity index (χ4v) is 3.37. The minimum Gasteiger partial charge on any atom is -0.481 e. The van der Waals surface area contributed by atoms with E-state index in [2.05, 4.69) is 54.2 Å². The predicted molar refractivity (Wildman–Crippen MR) is 90.8 cm³/mol. The maximum Gasteiger partial charge on any atom is 0.217 e. The number of pyridine rings is 1. The first-order chi connectivity index (χ1) is 10.0. The van der Waals surface area contributed by atoms with Crippen LogP contribution in [0.2, 0.25) is 19.6 Å². The van der Waals surface area contributed by atoms with Gasteiger partial charge in [-0.05, 0) is 11.6 Å². The summed E-state index contributed by atoms with van der Waals surface area (Å²) in [6.07, 6.45) is 1.75. The first kappa shape index (κ1) is 15.7. The third-order valence-electron chi connectivity index (χ3n) is 3.51. The smallest absolute Gasteiger partial charge is 0.217 e. The van der Waals surface area contributed by atoms with Crippen LogP contribution in [0.25, 0.3) is 0 Å². The van der Waals surface area contributed by atoms with Crippen LogP contribution < -0.4 is 15.2 Å². The Hall–Kier alpha value is -1.65. The van der Waals surface area contributed by atoms with E-state index in [1.807, 2.05) is 12.1 Å². The molecule has 0 amide bonds. The summed E-state index contributed by atoms with van der Waals surface area (Å²) in [5.41, 5.74) is 2.39. The second kappa shape index (κ2) is 6.87. The van der Waals surface area contributed by atoms with Crippen LogP contribution in [0.3, 0.4) is 0 Å². The summed E-state index contributed by atoms with van der Waals surface area (Å²) in [5, 5.41) is 4.94. The van der Waals surface area contributed by atoms with Gasteiger partial charge >= 0.3 is 0 Å². The van der Waals surface area contributed by atoms with Gasteiger partial charge in [0.25, 0.3) is 0 Å². The maximum atomic E-state index is 5.25. The third kappa shape index (κ3) is 4.41. The van der Waals surface area contributed by atoms with Crippen molar-refractivity contribution in [2.24, 2.45) is 0 Å². The molecule has 1 aromatic carbocycles. The highest BCUT2D eigenvalue weighted by Crippen LogP contribution is 2.13. The Balaban J connectivity index is 1.92. The van der Waals surface area contributed by atoms with Crippen molar-refractivity contribution in [1.82, 2.24) is 10.3 Å². The molecule has 112 valence electrons. The minimum absolute atomic E-state index is 0.694. The van der Waals surface area contributed by atoms with Crippen molar-refractivity contribution < 1.29 is 4.74 Å². The zero-order chi connectivity index (χ0) is 15.3. The number of hydrogen-bond donors (Lipinski definition) is 1. The van der Waals surface area contributed by atoms with Gasteiger partial charge in [0.1, 0.15) is 0 Å². The van der Waals surface area contributed by atoms with Gasteiger partial charge < -0.3 is 10.1 Å². The molecule has 21 heavy (non-hydrogen) atoms. The third-order valence-corrected chi connectivity index (χ3v) is 5.57. The van der Waals surface area contributed by atoms with E-state index in [0.29, 0.717) is 5.88 Å². The molecule has 0 radical (unpaired) electrons. The lowest BCUT2D eigenvalue weighted by molar-refractivity contribution is 0.390. The van der Waals surface area contributed by atoms with Crippen molar-refractivity contribution in [1.29, 1.82) is 0 Å². The molecule has 1 heterocycles. The molecule has 0 saturated carbocycles. The number of rotatable bonds is 6. The largest absolute Gasteiger partial charge is 0.481 e. The van der Waals surface area contributed by atoms with Crippen LogP contribution in [0, 0.1) is 0 Å². The number of aromatic nitrogens is 1. The lowest BCUT2D eigenvalue weighted by Gasteiger charge is -2.17. The summed E-state index contributed by atoms with van der Waals surface area (Å²) < 4.78 is 5.25. The van der Waals surface area contributed by atoms with Crippen molar-refractivity contribution in [2.75, 3.05) is 7.11 Å². The highest BCUT2D eigenvalue weighted by molar-refractivity contribution is 6.88.